The second kappa shape index (κ2) is 13.1. The Balaban J connectivity index is 2.76. The summed E-state index contributed by atoms with van der Waals surface area (Å²) in [6.07, 6.45) is 5.05. The van der Waals surface area contributed by atoms with E-state index >= 15 is 0 Å². The van der Waals surface area contributed by atoms with Crippen LogP contribution in [0.3, 0.4) is 0 Å². The minimum Gasteiger partial charge on any atom is -0.541 e. The lowest BCUT2D eigenvalue weighted by Crippen LogP contribution is -2.47. The highest BCUT2D eigenvalue weighted by Gasteiger charge is 2.45. The van der Waals surface area contributed by atoms with Crippen LogP contribution in [0.2, 0.25) is 54.4 Å². The third-order valence-corrected chi connectivity index (χ3v) is 22.6. The van der Waals surface area contributed by atoms with Crippen LogP contribution in [0.1, 0.15) is 73.4 Å². The maximum Gasteiger partial charge on any atom is 0.250 e. The van der Waals surface area contributed by atoms with Crippen LogP contribution in [-0.2, 0) is 6.42 Å². The molecule has 0 saturated carbocycles. The molecule has 43 heavy (non-hydrogen) atoms. The van der Waals surface area contributed by atoms with Crippen LogP contribution in [0.5, 0.6) is 28.7 Å². The molecule has 8 heteroatoms. The second-order valence-electron chi connectivity index (χ2n) is 16.3. The van der Waals surface area contributed by atoms with Gasteiger partial charge in [-0.3, -0.25) is 0 Å². The second-order valence-corrected chi connectivity index (χ2v) is 30.4. The zero-order chi connectivity index (χ0) is 33.2. The highest BCUT2D eigenvalue weighted by atomic mass is 28.4. The Morgan fingerprint density at radius 1 is 0.558 bits per heavy atom. The first kappa shape index (κ1) is 37.0. The summed E-state index contributed by atoms with van der Waals surface area (Å²) in [5, 5.41) is 0.0732. The summed E-state index contributed by atoms with van der Waals surface area (Å²) in [5.74, 6) is 3.90. The van der Waals surface area contributed by atoms with E-state index in [0.717, 1.165) is 46.3 Å². The van der Waals surface area contributed by atoms with Crippen LogP contribution in [0.15, 0.2) is 36.4 Å². The van der Waals surface area contributed by atoms with Crippen molar-refractivity contribution in [1.82, 2.24) is 0 Å². The molecule has 2 aromatic rings. The van der Waals surface area contributed by atoms with Crippen molar-refractivity contribution in [3.63, 3.8) is 0 Å². The number of ether oxygens (including phenoxy) is 2. The van der Waals surface area contributed by atoms with Crippen LogP contribution in [0.25, 0.3) is 6.08 Å². The first-order valence-electron chi connectivity index (χ1n) is 15.5. The van der Waals surface area contributed by atoms with Crippen molar-refractivity contribution in [3.8, 4) is 28.7 Å². The Labute approximate surface area is 266 Å². The minimum absolute atomic E-state index is 0.0197. The lowest BCUT2D eigenvalue weighted by atomic mass is 10.1. The predicted molar refractivity (Wildman–Crippen MR) is 192 cm³/mol. The van der Waals surface area contributed by atoms with Crippen molar-refractivity contribution < 1.29 is 22.8 Å². The van der Waals surface area contributed by atoms with Crippen LogP contribution < -0.4 is 22.8 Å². The van der Waals surface area contributed by atoms with Crippen molar-refractivity contribution in [3.05, 3.63) is 47.5 Å². The summed E-state index contributed by atoms with van der Waals surface area (Å²) >= 11 is 0. The first-order chi connectivity index (χ1) is 19.3. The van der Waals surface area contributed by atoms with E-state index in [1.165, 1.54) is 0 Å². The van der Waals surface area contributed by atoms with Crippen molar-refractivity contribution in [1.29, 1.82) is 0 Å². The average Bonchev–Trinajstić information content (AvgIpc) is 2.83. The van der Waals surface area contributed by atoms with E-state index in [-0.39, 0.29) is 15.1 Å². The SMILES string of the molecule is COc1cc(C/C=C\c2cc(O[Si](C)(C)C(C)(C)C)c(O[Si](C)(C)C(C)(C)C)c(O[Si](C)(C)C(C)(C)C)c2)cc(OC)c1. The molecule has 2 rings (SSSR count). The molecule has 0 aliphatic rings. The smallest absolute Gasteiger partial charge is 0.250 e. The zero-order valence-electron chi connectivity index (χ0n) is 30.3. The number of hydrogen-bond acceptors (Lipinski definition) is 5. The van der Waals surface area contributed by atoms with E-state index in [0.29, 0.717) is 0 Å². The Morgan fingerprint density at radius 2 is 0.930 bits per heavy atom. The minimum atomic E-state index is -2.23. The summed E-state index contributed by atoms with van der Waals surface area (Å²) in [5.41, 5.74) is 2.14. The molecule has 0 N–H and O–H groups in total. The average molecular weight is 645 g/mol. The van der Waals surface area contributed by atoms with Gasteiger partial charge in [0.2, 0.25) is 0 Å². The number of rotatable bonds is 11. The highest BCUT2D eigenvalue weighted by Crippen LogP contribution is 2.50. The molecule has 0 unspecified atom stereocenters. The normalized spacial score (nSPS) is 13.7. The molecule has 5 nitrogen and oxygen atoms in total. The van der Waals surface area contributed by atoms with E-state index in [1.54, 1.807) is 14.2 Å². The van der Waals surface area contributed by atoms with Gasteiger partial charge in [-0.15, -0.1) is 0 Å². The van der Waals surface area contributed by atoms with Gasteiger partial charge in [-0.05, 0) is 96.2 Å². The molecule has 0 saturated heterocycles. The molecule has 0 aromatic heterocycles. The molecule has 0 aliphatic heterocycles. The molecule has 0 amide bonds. The number of allylic oxidation sites excluding steroid dienone is 1. The largest absolute Gasteiger partial charge is 0.541 e. The fraction of sp³-hybridized carbons (Fsp3) is 0.600. The standard InChI is InChI=1S/C35H60O5Si3/c1-33(2,3)41(12,13)38-30-23-27(20-18-19-26-21-28(36-10)25-29(22-26)37-11)24-31(39-42(14,15)34(4,5)6)32(30)40-43(16,17)35(7,8)9/h18,20-25H,19H2,1-17H3/b20-18-. The summed E-state index contributed by atoms with van der Waals surface area (Å²) in [4.78, 5) is 0. The van der Waals surface area contributed by atoms with Crippen LogP contribution in [0.4, 0.5) is 0 Å². The van der Waals surface area contributed by atoms with Gasteiger partial charge in [0.05, 0.1) is 14.2 Å². The van der Waals surface area contributed by atoms with E-state index in [4.69, 9.17) is 22.8 Å². The first-order valence-corrected chi connectivity index (χ1v) is 24.2. The van der Waals surface area contributed by atoms with Gasteiger partial charge < -0.3 is 22.8 Å². The van der Waals surface area contributed by atoms with Crippen LogP contribution in [0, 0.1) is 0 Å². The molecule has 0 bridgehead atoms. The van der Waals surface area contributed by atoms with Crippen molar-refractivity contribution in [2.45, 2.75) is 123 Å². The van der Waals surface area contributed by atoms with Gasteiger partial charge in [-0.25, -0.2) is 0 Å². The van der Waals surface area contributed by atoms with Gasteiger partial charge in [0.1, 0.15) is 23.0 Å². The molecule has 0 radical (unpaired) electrons. The van der Waals surface area contributed by atoms with Gasteiger partial charge in [0.15, 0.2) is 5.75 Å². The Hall–Kier alpha value is -2.17. The van der Waals surface area contributed by atoms with Crippen LogP contribution in [-0.4, -0.2) is 39.2 Å². The monoisotopic (exact) mass is 644 g/mol. The molecule has 2 aromatic carbocycles. The molecular weight excluding hydrogens is 585 g/mol. The Morgan fingerprint density at radius 3 is 1.28 bits per heavy atom. The number of methoxy groups -OCH3 is 2. The summed E-state index contributed by atoms with van der Waals surface area (Å²) < 4.78 is 32.2. The fourth-order valence-corrected chi connectivity index (χ4v) is 6.56. The Kier molecular flexibility index (Phi) is 11.2. The van der Waals surface area contributed by atoms with Gasteiger partial charge in [-0.2, -0.15) is 0 Å². The molecule has 0 aliphatic carbocycles. The van der Waals surface area contributed by atoms with Gasteiger partial charge >= 0.3 is 0 Å². The summed E-state index contributed by atoms with van der Waals surface area (Å²) in [6, 6.07) is 10.3. The quantitative estimate of drug-likeness (QED) is 0.228. The maximum atomic E-state index is 7.11. The maximum absolute atomic E-state index is 7.11. The number of benzene rings is 2. The lowest BCUT2D eigenvalue weighted by molar-refractivity contribution is 0.393. The van der Waals surface area contributed by atoms with E-state index in [2.05, 4.69) is 126 Å². The third kappa shape index (κ3) is 9.41. The Bertz CT molecular complexity index is 1200. The number of hydrogen-bond donors (Lipinski definition) is 0. The van der Waals surface area contributed by atoms with E-state index in [9.17, 15) is 0 Å². The zero-order valence-corrected chi connectivity index (χ0v) is 33.3. The molecule has 0 heterocycles. The van der Waals surface area contributed by atoms with Gasteiger partial charge in [-0.1, -0.05) is 74.5 Å². The highest BCUT2D eigenvalue weighted by molar-refractivity contribution is 6.76. The summed E-state index contributed by atoms with van der Waals surface area (Å²) in [7, 11) is -3.28. The molecule has 0 fully saturated rings. The van der Waals surface area contributed by atoms with Crippen molar-refractivity contribution in [2.75, 3.05) is 14.2 Å². The van der Waals surface area contributed by atoms with Crippen molar-refractivity contribution >= 4 is 31.0 Å². The fourth-order valence-electron chi connectivity index (χ4n) is 3.52. The van der Waals surface area contributed by atoms with E-state index < -0.39 is 25.0 Å². The van der Waals surface area contributed by atoms with Gasteiger partial charge in [0, 0.05) is 6.07 Å². The van der Waals surface area contributed by atoms with Crippen molar-refractivity contribution in [2.24, 2.45) is 0 Å². The topological polar surface area (TPSA) is 46.2 Å². The molecule has 0 spiro atoms. The van der Waals surface area contributed by atoms with E-state index in [1.807, 2.05) is 18.2 Å². The lowest BCUT2D eigenvalue weighted by Gasteiger charge is -2.42. The summed E-state index contributed by atoms with van der Waals surface area (Å²) in [6.45, 7) is 34.2. The van der Waals surface area contributed by atoms with Crippen LogP contribution >= 0.6 is 0 Å². The molecule has 242 valence electrons. The van der Waals surface area contributed by atoms with Gasteiger partial charge in [0.25, 0.3) is 25.0 Å². The molecule has 0 atom stereocenters. The third-order valence-electron chi connectivity index (χ3n) is 9.62. The predicted octanol–water partition coefficient (Wildman–Crippen LogP) is 11.1. The molecular formula is C35H60O5Si3.